The molecule has 6 nitrogen and oxygen atoms in total. The zero-order valence-corrected chi connectivity index (χ0v) is 20.6. The number of carbonyl (C=O) groups excluding carboxylic acids is 1. The lowest BCUT2D eigenvalue weighted by molar-refractivity contribution is 0.0683. The molecule has 1 aromatic heterocycles. The number of methoxy groups -OCH3 is 2. The zero-order valence-electron chi connectivity index (χ0n) is 20.6. The Labute approximate surface area is 200 Å². The second kappa shape index (κ2) is 9.59. The molecule has 0 radical (unpaired) electrons. The van der Waals surface area contributed by atoms with Crippen LogP contribution in [-0.2, 0) is 6.54 Å². The van der Waals surface area contributed by atoms with Gasteiger partial charge >= 0.3 is 0 Å². The SMILES string of the molecule is COc1ccc(-n2c(CN(C(=O)c3c(C)cc(OC)cc3C)C(C)C)nc3ccccc32)cc1. The van der Waals surface area contributed by atoms with Crippen LogP contribution in [0.3, 0.4) is 0 Å². The van der Waals surface area contributed by atoms with Crippen molar-refractivity contribution in [3.05, 3.63) is 83.2 Å². The molecule has 1 amide bonds. The molecule has 0 atom stereocenters. The van der Waals surface area contributed by atoms with Crippen LogP contribution in [0.4, 0.5) is 0 Å². The van der Waals surface area contributed by atoms with Gasteiger partial charge in [0.25, 0.3) is 5.91 Å². The van der Waals surface area contributed by atoms with E-state index in [1.54, 1.807) is 14.2 Å². The van der Waals surface area contributed by atoms with Crippen LogP contribution in [0.1, 0.15) is 41.2 Å². The van der Waals surface area contributed by atoms with Crippen molar-refractivity contribution in [2.75, 3.05) is 14.2 Å². The van der Waals surface area contributed by atoms with Gasteiger partial charge in [-0.25, -0.2) is 4.98 Å². The Morgan fingerprint density at radius 3 is 2.15 bits per heavy atom. The van der Waals surface area contributed by atoms with Crippen molar-refractivity contribution in [1.29, 1.82) is 0 Å². The number of hydrogen-bond donors (Lipinski definition) is 0. The minimum Gasteiger partial charge on any atom is -0.497 e. The summed E-state index contributed by atoms with van der Waals surface area (Å²) in [5.74, 6) is 2.33. The van der Waals surface area contributed by atoms with Crippen molar-refractivity contribution < 1.29 is 14.3 Å². The summed E-state index contributed by atoms with van der Waals surface area (Å²) in [4.78, 5) is 20.6. The van der Waals surface area contributed by atoms with Crippen molar-refractivity contribution in [2.45, 2.75) is 40.3 Å². The first kappa shape index (κ1) is 23.4. The number of hydrogen-bond acceptors (Lipinski definition) is 4. The Hall–Kier alpha value is -3.80. The third kappa shape index (κ3) is 4.36. The Balaban J connectivity index is 1.79. The number of nitrogens with zero attached hydrogens (tertiary/aromatic N) is 3. The molecule has 0 bridgehead atoms. The van der Waals surface area contributed by atoms with Crippen molar-refractivity contribution in [3.63, 3.8) is 0 Å². The quantitative estimate of drug-likeness (QED) is 0.357. The summed E-state index contributed by atoms with van der Waals surface area (Å²) in [6.07, 6.45) is 0. The van der Waals surface area contributed by atoms with Gasteiger partial charge in [0.15, 0.2) is 0 Å². The minimum absolute atomic E-state index is 0.0130. The van der Waals surface area contributed by atoms with Gasteiger partial charge in [-0.3, -0.25) is 9.36 Å². The number of amides is 1. The molecule has 1 heterocycles. The predicted molar refractivity (Wildman–Crippen MR) is 135 cm³/mol. The van der Waals surface area contributed by atoms with E-state index in [9.17, 15) is 4.79 Å². The smallest absolute Gasteiger partial charge is 0.255 e. The Kier molecular flexibility index (Phi) is 6.59. The van der Waals surface area contributed by atoms with Crippen LogP contribution in [0.2, 0.25) is 0 Å². The molecular formula is C28H31N3O3. The van der Waals surface area contributed by atoms with Crippen molar-refractivity contribution in [1.82, 2.24) is 14.5 Å². The molecular weight excluding hydrogens is 426 g/mol. The van der Waals surface area contributed by atoms with Crippen LogP contribution in [0, 0.1) is 13.8 Å². The van der Waals surface area contributed by atoms with Gasteiger partial charge in [-0.2, -0.15) is 0 Å². The van der Waals surface area contributed by atoms with E-state index in [-0.39, 0.29) is 11.9 Å². The normalized spacial score (nSPS) is 11.1. The Morgan fingerprint density at radius 2 is 1.56 bits per heavy atom. The van der Waals surface area contributed by atoms with Gasteiger partial charge in [0.05, 0.1) is 31.8 Å². The van der Waals surface area contributed by atoms with E-state index in [1.807, 2.05) is 87.2 Å². The number of fused-ring (bicyclic) bond motifs is 1. The number of aryl methyl sites for hydroxylation is 2. The second-order valence-corrected chi connectivity index (χ2v) is 8.71. The minimum atomic E-state index is -0.0162. The van der Waals surface area contributed by atoms with E-state index in [0.29, 0.717) is 12.1 Å². The predicted octanol–water partition coefficient (Wildman–Crippen LogP) is 5.71. The van der Waals surface area contributed by atoms with Gasteiger partial charge in [-0.05, 0) is 87.4 Å². The van der Waals surface area contributed by atoms with E-state index in [0.717, 1.165) is 45.2 Å². The molecule has 0 unspecified atom stereocenters. The van der Waals surface area contributed by atoms with Gasteiger partial charge in [-0.15, -0.1) is 0 Å². The summed E-state index contributed by atoms with van der Waals surface area (Å²) in [5, 5.41) is 0. The highest BCUT2D eigenvalue weighted by molar-refractivity contribution is 5.97. The number of para-hydroxylation sites is 2. The van der Waals surface area contributed by atoms with E-state index in [4.69, 9.17) is 14.5 Å². The zero-order chi connectivity index (χ0) is 24.4. The maximum atomic E-state index is 13.8. The fourth-order valence-electron chi connectivity index (χ4n) is 4.37. The Morgan fingerprint density at radius 1 is 0.941 bits per heavy atom. The molecule has 0 aliphatic heterocycles. The first-order valence-electron chi connectivity index (χ1n) is 11.4. The number of aromatic nitrogens is 2. The number of rotatable bonds is 7. The van der Waals surface area contributed by atoms with E-state index in [2.05, 4.69) is 10.6 Å². The maximum Gasteiger partial charge on any atom is 0.255 e. The van der Waals surface area contributed by atoms with E-state index < -0.39 is 0 Å². The lowest BCUT2D eigenvalue weighted by atomic mass is 10.0. The molecule has 0 fully saturated rings. The van der Waals surface area contributed by atoms with Gasteiger partial charge in [0.2, 0.25) is 0 Å². The molecule has 0 aliphatic rings. The molecule has 176 valence electrons. The standard InChI is InChI=1S/C28H31N3O3/c1-18(2)30(28(32)27-19(3)15-23(34-6)16-20(27)4)17-26-29-24-9-7-8-10-25(24)31(26)21-11-13-22(33-5)14-12-21/h7-16,18H,17H2,1-6H3. The van der Waals surface area contributed by atoms with Crippen LogP contribution < -0.4 is 9.47 Å². The Bertz CT molecular complexity index is 1300. The van der Waals surface area contributed by atoms with E-state index >= 15 is 0 Å². The molecule has 6 heteroatoms. The number of carbonyl (C=O) groups is 1. The average molecular weight is 458 g/mol. The van der Waals surface area contributed by atoms with Crippen molar-refractivity contribution in [3.8, 4) is 17.2 Å². The third-order valence-corrected chi connectivity index (χ3v) is 6.11. The third-order valence-electron chi connectivity index (χ3n) is 6.11. The second-order valence-electron chi connectivity index (χ2n) is 8.71. The fourth-order valence-corrected chi connectivity index (χ4v) is 4.37. The maximum absolute atomic E-state index is 13.8. The summed E-state index contributed by atoms with van der Waals surface area (Å²) in [5.41, 5.74) is 5.36. The van der Waals surface area contributed by atoms with Crippen LogP contribution in [-0.4, -0.2) is 40.6 Å². The summed E-state index contributed by atoms with van der Waals surface area (Å²) in [6.45, 7) is 8.35. The summed E-state index contributed by atoms with van der Waals surface area (Å²) in [7, 11) is 3.29. The molecule has 0 aliphatic carbocycles. The van der Waals surface area contributed by atoms with Gasteiger partial charge in [-0.1, -0.05) is 12.1 Å². The lowest BCUT2D eigenvalue weighted by Gasteiger charge is -2.28. The molecule has 34 heavy (non-hydrogen) atoms. The van der Waals surface area contributed by atoms with Crippen LogP contribution in [0.5, 0.6) is 11.5 Å². The van der Waals surface area contributed by atoms with Crippen LogP contribution >= 0.6 is 0 Å². The largest absolute Gasteiger partial charge is 0.497 e. The number of imidazole rings is 1. The molecule has 0 spiro atoms. The highest BCUT2D eigenvalue weighted by Crippen LogP contribution is 2.27. The molecule has 4 aromatic rings. The fraction of sp³-hybridized carbons (Fsp3) is 0.286. The number of benzene rings is 3. The summed E-state index contributed by atoms with van der Waals surface area (Å²) in [6, 6.07) is 19.7. The average Bonchev–Trinajstić information content (AvgIpc) is 3.19. The highest BCUT2D eigenvalue weighted by atomic mass is 16.5. The molecule has 0 N–H and O–H groups in total. The molecule has 0 saturated carbocycles. The highest BCUT2D eigenvalue weighted by Gasteiger charge is 2.25. The van der Waals surface area contributed by atoms with Crippen molar-refractivity contribution in [2.24, 2.45) is 0 Å². The molecule has 0 saturated heterocycles. The molecule has 4 rings (SSSR count). The summed E-state index contributed by atoms with van der Waals surface area (Å²) < 4.78 is 12.8. The first-order chi connectivity index (χ1) is 16.3. The topological polar surface area (TPSA) is 56.6 Å². The number of ether oxygens (including phenoxy) is 2. The lowest BCUT2D eigenvalue weighted by Crippen LogP contribution is -2.38. The van der Waals surface area contributed by atoms with Crippen LogP contribution in [0.15, 0.2) is 60.7 Å². The monoisotopic (exact) mass is 457 g/mol. The van der Waals surface area contributed by atoms with E-state index in [1.165, 1.54) is 0 Å². The van der Waals surface area contributed by atoms with Gasteiger partial charge in [0.1, 0.15) is 17.3 Å². The van der Waals surface area contributed by atoms with Crippen LogP contribution in [0.25, 0.3) is 16.7 Å². The van der Waals surface area contributed by atoms with Gasteiger partial charge < -0.3 is 14.4 Å². The summed E-state index contributed by atoms with van der Waals surface area (Å²) >= 11 is 0. The van der Waals surface area contributed by atoms with Crippen molar-refractivity contribution >= 4 is 16.9 Å². The first-order valence-corrected chi connectivity index (χ1v) is 11.4. The van der Waals surface area contributed by atoms with Gasteiger partial charge in [0, 0.05) is 17.3 Å². The molecule has 3 aromatic carbocycles.